The average molecular weight is 252 g/mol. The monoisotopic (exact) mass is 251 g/mol. The van der Waals surface area contributed by atoms with Gasteiger partial charge in [0, 0.05) is 31.2 Å². The fraction of sp³-hybridized carbons (Fsp3) is 0.615. The molecule has 0 amide bonds. The average Bonchev–Trinajstić information content (AvgIpc) is 2.74. The molecule has 1 atom stereocenters. The molecule has 4 heteroatoms. The Labute approximate surface area is 107 Å². The van der Waals surface area contributed by atoms with Crippen molar-refractivity contribution in [2.24, 2.45) is 5.41 Å². The fourth-order valence-corrected chi connectivity index (χ4v) is 3.35. The van der Waals surface area contributed by atoms with Crippen LogP contribution < -0.4 is 10.2 Å². The summed E-state index contributed by atoms with van der Waals surface area (Å²) in [5, 5.41) is 4.30. The normalized spacial score (nSPS) is 28.9. The van der Waals surface area contributed by atoms with Gasteiger partial charge in [0.05, 0.1) is 5.02 Å². The largest absolute Gasteiger partial charge is 0.355 e. The minimum atomic E-state index is 0.457. The van der Waals surface area contributed by atoms with Crippen LogP contribution in [0.5, 0.6) is 0 Å². The van der Waals surface area contributed by atoms with Crippen LogP contribution in [-0.2, 0) is 0 Å². The Balaban J connectivity index is 1.77. The van der Waals surface area contributed by atoms with Gasteiger partial charge in [0.1, 0.15) is 5.82 Å². The van der Waals surface area contributed by atoms with E-state index in [1.165, 1.54) is 25.8 Å². The van der Waals surface area contributed by atoms with E-state index in [-0.39, 0.29) is 0 Å². The zero-order chi connectivity index (χ0) is 11.7. The number of anilines is 1. The van der Waals surface area contributed by atoms with Crippen molar-refractivity contribution in [3.63, 3.8) is 0 Å². The van der Waals surface area contributed by atoms with Gasteiger partial charge in [-0.15, -0.1) is 0 Å². The molecule has 1 aromatic rings. The smallest absolute Gasteiger partial charge is 0.147 e. The summed E-state index contributed by atoms with van der Waals surface area (Å²) in [7, 11) is 0. The predicted octanol–water partition coefficient (Wildman–Crippen LogP) is 2.31. The summed E-state index contributed by atoms with van der Waals surface area (Å²) in [6.45, 7) is 4.50. The van der Waals surface area contributed by atoms with Crippen LogP contribution in [0.1, 0.15) is 19.3 Å². The maximum absolute atomic E-state index is 6.21. The maximum atomic E-state index is 6.21. The molecule has 3 heterocycles. The molecule has 1 N–H and O–H groups in total. The van der Waals surface area contributed by atoms with E-state index in [0.717, 1.165) is 30.5 Å². The number of pyridine rings is 1. The van der Waals surface area contributed by atoms with Crippen molar-refractivity contribution in [3.05, 3.63) is 23.4 Å². The Hall–Kier alpha value is -0.800. The highest BCUT2D eigenvalue weighted by atomic mass is 35.5. The summed E-state index contributed by atoms with van der Waals surface area (Å²) in [6.07, 6.45) is 5.71. The molecule has 2 fully saturated rings. The van der Waals surface area contributed by atoms with Crippen LogP contribution in [0, 0.1) is 5.41 Å². The molecule has 3 rings (SSSR count). The Morgan fingerprint density at radius 1 is 1.41 bits per heavy atom. The molecule has 0 saturated carbocycles. The molecule has 0 unspecified atom stereocenters. The van der Waals surface area contributed by atoms with Gasteiger partial charge in [-0.05, 0) is 37.9 Å². The van der Waals surface area contributed by atoms with Crippen LogP contribution in [0.3, 0.4) is 0 Å². The summed E-state index contributed by atoms with van der Waals surface area (Å²) in [5.41, 5.74) is 0.457. The van der Waals surface area contributed by atoms with Gasteiger partial charge in [0.2, 0.25) is 0 Å². The zero-order valence-corrected chi connectivity index (χ0v) is 10.7. The van der Waals surface area contributed by atoms with Gasteiger partial charge in [-0.3, -0.25) is 0 Å². The fourth-order valence-electron chi connectivity index (χ4n) is 3.10. The van der Waals surface area contributed by atoms with Crippen molar-refractivity contribution in [2.45, 2.75) is 19.3 Å². The summed E-state index contributed by atoms with van der Waals surface area (Å²) in [5.74, 6) is 0.955. The van der Waals surface area contributed by atoms with Crippen LogP contribution in [-0.4, -0.2) is 31.2 Å². The first-order valence-electron chi connectivity index (χ1n) is 6.35. The number of rotatable bonds is 1. The first-order valence-corrected chi connectivity index (χ1v) is 6.73. The quantitative estimate of drug-likeness (QED) is 0.830. The molecular formula is C13H18ClN3. The Morgan fingerprint density at radius 3 is 3.12 bits per heavy atom. The third kappa shape index (κ3) is 2.14. The number of piperidine rings is 1. The molecule has 0 bridgehead atoms. The summed E-state index contributed by atoms with van der Waals surface area (Å²) in [4.78, 5) is 6.75. The standard InChI is InChI=1S/C13H18ClN3/c14-11-3-1-7-16-12(11)17-8-5-13(10-17)4-2-6-15-9-13/h1,3,7,15H,2,4-6,8-10H2/t13-/m0/s1. The van der Waals surface area contributed by atoms with Crippen molar-refractivity contribution < 1.29 is 0 Å². The van der Waals surface area contributed by atoms with E-state index in [2.05, 4.69) is 15.2 Å². The zero-order valence-electron chi connectivity index (χ0n) is 9.95. The van der Waals surface area contributed by atoms with Crippen molar-refractivity contribution in [1.29, 1.82) is 0 Å². The number of nitrogens with one attached hydrogen (secondary N) is 1. The second-order valence-electron chi connectivity index (χ2n) is 5.26. The molecular weight excluding hydrogens is 234 g/mol. The molecule has 2 saturated heterocycles. The topological polar surface area (TPSA) is 28.2 Å². The third-order valence-electron chi connectivity index (χ3n) is 4.04. The van der Waals surface area contributed by atoms with Gasteiger partial charge in [0.15, 0.2) is 0 Å². The van der Waals surface area contributed by atoms with Crippen molar-refractivity contribution in [2.75, 3.05) is 31.1 Å². The second-order valence-corrected chi connectivity index (χ2v) is 5.67. The van der Waals surface area contributed by atoms with Gasteiger partial charge in [-0.25, -0.2) is 4.98 Å². The second kappa shape index (κ2) is 4.46. The molecule has 0 aromatic carbocycles. The highest BCUT2D eigenvalue weighted by Gasteiger charge is 2.39. The van der Waals surface area contributed by atoms with E-state index in [9.17, 15) is 0 Å². The number of hydrogen-bond acceptors (Lipinski definition) is 3. The first-order chi connectivity index (χ1) is 8.29. The maximum Gasteiger partial charge on any atom is 0.147 e. The van der Waals surface area contributed by atoms with E-state index in [1.54, 1.807) is 0 Å². The van der Waals surface area contributed by atoms with E-state index in [0.29, 0.717) is 5.41 Å². The van der Waals surface area contributed by atoms with E-state index >= 15 is 0 Å². The van der Waals surface area contributed by atoms with Gasteiger partial charge >= 0.3 is 0 Å². The molecule has 17 heavy (non-hydrogen) atoms. The van der Waals surface area contributed by atoms with Crippen LogP contribution in [0.2, 0.25) is 5.02 Å². The lowest BCUT2D eigenvalue weighted by Gasteiger charge is -2.34. The van der Waals surface area contributed by atoms with E-state index in [1.807, 2.05) is 18.3 Å². The highest BCUT2D eigenvalue weighted by molar-refractivity contribution is 6.32. The Kier molecular flexibility index (Phi) is 2.97. The summed E-state index contributed by atoms with van der Waals surface area (Å²) < 4.78 is 0. The van der Waals surface area contributed by atoms with Crippen molar-refractivity contribution in [3.8, 4) is 0 Å². The predicted molar refractivity (Wildman–Crippen MR) is 70.6 cm³/mol. The molecule has 0 aliphatic carbocycles. The number of aromatic nitrogens is 1. The van der Waals surface area contributed by atoms with Crippen LogP contribution in [0.25, 0.3) is 0 Å². The Bertz CT molecular complexity index is 401. The summed E-state index contributed by atoms with van der Waals surface area (Å²) >= 11 is 6.21. The lowest BCUT2D eigenvalue weighted by molar-refractivity contribution is 0.239. The third-order valence-corrected chi connectivity index (χ3v) is 4.33. The van der Waals surface area contributed by atoms with E-state index in [4.69, 9.17) is 11.6 Å². The molecule has 1 aromatic heterocycles. The molecule has 1 spiro atoms. The number of halogens is 1. The van der Waals surface area contributed by atoms with Crippen molar-refractivity contribution >= 4 is 17.4 Å². The van der Waals surface area contributed by atoms with Gasteiger partial charge in [0.25, 0.3) is 0 Å². The van der Waals surface area contributed by atoms with Crippen molar-refractivity contribution in [1.82, 2.24) is 10.3 Å². The minimum Gasteiger partial charge on any atom is -0.355 e. The molecule has 92 valence electrons. The number of nitrogens with zero attached hydrogens (tertiary/aromatic N) is 2. The molecule has 2 aliphatic rings. The van der Waals surface area contributed by atoms with Gasteiger partial charge in [-0.1, -0.05) is 11.6 Å². The van der Waals surface area contributed by atoms with Crippen LogP contribution >= 0.6 is 11.6 Å². The van der Waals surface area contributed by atoms with Gasteiger partial charge in [-0.2, -0.15) is 0 Å². The first kappa shape index (κ1) is 11.3. The molecule has 2 aliphatic heterocycles. The van der Waals surface area contributed by atoms with E-state index < -0.39 is 0 Å². The number of hydrogen-bond donors (Lipinski definition) is 1. The lowest BCUT2D eigenvalue weighted by Crippen LogP contribution is -2.42. The molecule has 0 radical (unpaired) electrons. The molecule has 3 nitrogen and oxygen atoms in total. The SMILES string of the molecule is Clc1cccnc1N1CC[C@]2(CCCNC2)C1. The van der Waals surface area contributed by atoms with Crippen LogP contribution in [0.15, 0.2) is 18.3 Å². The Morgan fingerprint density at radius 2 is 2.35 bits per heavy atom. The van der Waals surface area contributed by atoms with Crippen LogP contribution in [0.4, 0.5) is 5.82 Å². The lowest BCUT2D eigenvalue weighted by atomic mass is 9.80. The minimum absolute atomic E-state index is 0.457. The summed E-state index contributed by atoms with van der Waals surface area (Å²) in [6, 6.07) is 3.81. The highest BCUT2D eigenvalue weighted by Crippen LogP contribution is 2.39. The van der Waals surface area contributed by atoms with Gasteiger partial charge < -0.3 is 10.2 Å².